The molecule has 3 N–H and O–H groups in total. The van der Waals surface area contributed by atoms with E-state index in [-0.39, 0.29) is 11.8 Å². The van der Waals surface area contributed by atoms with Crippen LogP contribution < -0.4 is 10.6 Å². The summed E-state index contributed by atoms with van der Waals surface area (Å²) in [7, 11) is 0. The highest BCUT2D eigenvalue weighted by atomic mass is 35.5. The molecule has 122 valence electrons. The molecule has 0 bridgehead atoms. The number of halogens is 1. The van der Waals surface area contributed by atoms with Crippen LogP contribution in [0.3, 0.4) is 0 Å². The van der Waals surface area contributed by atoms with E-state index >= 15 is 0 Å². The molecule has 0 spiro atoms. The highest BCUT2D eigenvalue weighted by molar-refractivity contribution is 6.31. The van der Waals surface area contributed by atoms with Gasteiger partial charge in [-0.15, -0.1) is 0 Å². The Labute approximate surface area is 144 Å². The molecule has 0 aliphatic carbocycles. The Balaban J connectivity index is 1.53. The summed E-state index contributed by atoms with van der Waals surface area (Å²) in [5.41, 5.74) is 3.54. The summed E-state index contributed by atoms with van der Waals surface area (Å²) >= 11 is 6.00. The van der Waals surface area contributed by atoms with E-state index < -0.39 is 0 Å². The second-order valence-corrected chi connectivity index (χ2v) is 6.44. The van der Waals surface area contributed by atoms with Crippen molar-refractivity contribution in [3.63, 3.8) is 0 Å². The molecular weight excluding hydrogens is 324 g/mol. The van der Waals surface area contributed by atoms with Gasteiger partial charge in [-0.3, -0.25) is 4.79 Å². The summed E-state index contributed by atoms with van der Waals surface area (Å²) in [6.45, 7) is 1.67. The Morgan fingerprint density at radius 1 is 1.21 bits per heavy atom. The number of carbonyl (C=O) groups excluding carboxylic acids is 1. The van der Waals surface area contributed by atoms with Crippen molar-refractivity contribution in [2.24, 2.45) is 5.92 Å². The maximum atomic E-state index is 12.1. The smallest absolute Gasteiger partial charge is 0.228 e. The normalized spacial score (nSPS) is 17.3. The highest BCUT2D eigenvalue weighted by Gasteiger charge is 2.22. The van der Waals surface area contributed by atoms with Gasteiger partial charge in [0.15, 0.2) is 0 Å². The Kier molecular flexibility index (Phi) is 3.96. The zero-order valence-corrected chi connectivity index (χ0v) is 13.7. The van der Waals surface area contributed by atoms with E-state index in [9.17, 15) is 4.79 Å². The standard InChI is InChI=1S/C18H17ClN4O/c19-13-3-6-15-16(9-13)23-17(22-15)11-1-4-14(5-2-11)21-18(24)12-7-8-20-10-12/h1-6,9,12,20H,7-8,10H2,(H,21,24)(H,22,23)/t12-/m0/s1. The third-order valence-corrected chi connectivity index (χ3v) is 4.54. The van der Waals surface area contributed by atoms with Crippen molar-refractivity contribution in [1.29, 1.82) is 0 Å². The Bertz CT molecular complexity index is 882. The number of rotatable bonds is 3. The molecule has 1 aliphatic heterocycles. The number of amides is 1. The SMILES string of the molecule is O=C(Nc1ccc(-c2nc3ccc(Cl)cc3[nH]2)cc1)[C@H]1CCNC1. The largest absolute Gasteiger partial charge is 0.338 e. The van der Waals surface area contributed by atoms with Gasteiger partial charge >= 0.3 is 0 Å². The molecule has 1 atom stereocenters. The third kappa shape index (κ3) is 3.00. The van der Waals surface area contributed by atoms with Crippen LogP contribution in [0.2, 0.25) is 5.02 Å². The number of H-pyrrole nitrogens is 1. The number of nitrogens with one attached hydrogen (secondary N) is 3. The van der Waals surface area contributed by atoms with Gasteiger partial charge in [-0.05, 0) is 55.4 Å². The first-order valence-corrected chi connectivity index (χ1v) is 8.34. The van der Waals surface area contributed by atoms with Crippen molar-refractivity contribution in [3.8, 4) is 11.4 Å². The Morgan fingerprint density at radius 2 is 2.04 bits per heavy atom. The molecule has 1 saturated heterocycles. The van der Waals surface area contributed by atoms with Crippen LogP contribution in [0.5, 0.6) is 0 Å². The van der Waals surface area contributed by atoms with Crippen LogP contribution >= 0.6 is 11.6 Å². The number of aromatic nitrogens is 2. The molecule has 0 saturated carbocycles. The van der Waals surface area contributed by atoms with Gasteiger partial charge in [0, 0.05) is 22.8 Å². The molecule has 0 unspecified atom stereocenters. The minimum Gasteiger partial charge on any atom is -0.338 e. The molecule has 24 heavy (non-hydrogen) atoms. The lowest BCUT2D eigenvalue weighted by Crippen LogP contribution is -2.24. The first-order chi connectivity index (χ1) is 11.7. The average molecular weight is 341 g/mol. The summed E-state index contributed by atoms with van der Waals surface area (Å²) in [6.07, 6.45) is 0.894. The second-order valence-electron chi connectivity index (χ2n) is 6.00. The van der Waals surface area contributed by atoms with E-state index in [1.54, 1.807) is 0 Å². The number of benzene rings is 2. The van der Waals surface area contributed by atoms with Crippen LogP contribution in [0.1, 0.15) is 6.42 Å². The summed E-state index contributed by atoms with van der Waals surface area (Å²) in [5.74, 6) is 0.918. The van der Waals surface area contributed by atoms with Gasteiger partial charge in [0.25, 0.3) is 0 Å². The summed E-state index contributed by atoms with van der Waals surface area (Å²) in [5, 5.41) is 6.85. The zero-order valence-electron chi connectivity index (χ0n) is 13.0. The van der Waals surface area contributed by atoms with Crippen molar-refractivity contribution in [1.82, 2.24) is 15.3 Å². The van der Waals surface area contributed by atoms with Crippen molar-refractivity contribution in [3.05, 3.63) is 47.5 Å². The van der Waals surface area contributed by atoms with Crippen LogP contribution in [-0.4, -0.2) is 29.0 Å². The number of hydrogen-bond acceptors (Lipinski definition) is 3. The molecule has 1 amide bonds. The van der Waals surface area contributed by atoms with Gasteiger partial charge in [0.05, 0.1) is 17.0 Å². The first kappa shape index (κ1) is 15.2. The number of imidazole rings is 1. The fraction of sp³-hybridized carbons (Fsp3) is 0.222. The van der Waals surface area contributed by atoms with E-state index in [1.165, 1.54) is 0 Å². The Hall–Kier alpha value is -2.37. The fourth-order valence-electron chi connectivity index (χ4n) is 2.95. The summed E-state index contributed by atoms with van der Waals surface area (Å²) in [4.78, 5) is 20.0. The number of nitrogens with zero attached hydrogens (tertiary/aromatic N) is 1. The molecule has 0 radical (unpaired) electrons. The Morgan fingerprint density at radius 3 is 2.79 bits per heavy atom. The van der Waals surface area contributed by atoms with Gasteiger partial charge in [-0.2, -0.15) is 0 Å². The minimum atomic E-state index is 0.0600. The monoisotopic (exact) mass is 340 g/mol. The predicted molar refractivity (Wildman–Crippen MR) is 96.1 cm³/mol. The average Bonchev–Trinajstić information content (AvgIpc) is 3.24. The molecule has 5 nitrogen and oxygen atoms in total. The second kappa shape index (κ2) is 6.26. The minimum absolute atomic E-state index is 0.0600. The fourth-order valence-corrected chi connectivity index (χ4v) is 3.12. The molecule has 2 aromatic carbocycles. The summed E-state index contributed by atoms with van der Waals surface area (Å²) in [6, 6.07) is 13.3. The van der Waals surface area contributed by atoms with Crippen LogP contribution in [0.25, 0.3) is 22.4 Å². The van der Waals surface area contributed by atoms with E-state index in [2.05, 4.69) is 20.6 Å². The lowest BCUT2D eigenvalue weighted by molar-refractivity contribution is -0.119. The van der Waals surface area contributed by atoms with Crippen LogP contribution in [-0.2, 0) is 4.79 Å². The van der Waals surface area contributed by atoms with E-state index in [4.69, 9.17) is 11.6 Å². The number of fused-ring (bicyclic) bond motifs is 1. The number of anilines is 1. The number of carbonyl (C=O) groups is 1. The lowest BCUT2D eigenvalue weighted by atomic mass is 10.1. The molecule has 3 aromatic rings. The predicted octanol–water partition coefficient (Wildman–Crippen LogP) is 3.43. The van der Waals surface area contributed by atoms with E-state index in [1.807, 2.05) is 42.5 Å². The molecule has 1 aromatic heterocycles. The van der Waals surface area contributed by atoms with Crippen molar-refractivity contribution in [2.75, 3.05) is 18.4 Å². The first-order valence-electron chi connectivity index (χ1n) is 7.96. The zero-order chi connectivity index (χ0) is 16.5. The van der Waals surface area contributed by atoms with Gasteiger partial charge in [-0.1, -0.05) is 11.6 Å². The summed E-state index contributed by atoms with van der Waals surface area (Å²) < 4.78 is 0. The molecule has 1 fully saturated rings. The quantitative estimate of drug-likeness (QED) is 0.684. The van der Waals surface area contributed by atoms with Crippen LogP contribution in [0.15, 0.2) is 42.5 Å². The van der Waals surface area contributed by atoms with Crippen LogP contribution in [0.4, 0.5) is 5.69 Å². The highest BCUT2D eigenvalue weighted by Crippen LogP contribution is 2.24. The maximum absolute atomic E-state index is 12.1. The van der Waals surface area contributed by atoms with E-state index in [0.29, 0.717) is 5.02 Å². The molecule has 2 heterocycles. The van der Waals surface area contributed by atoms with Crippen molar-refractivity contribution < 1.29 is 4.79 Å². The topological polar surface area (TPSA) is 69.8 Å². The maximum Gasteiger partial charge on any atom is 0.228 e. The number of hydrogen-bond donors (Lipinski definition) is 3. The van der Waals surface area contributed by atoms with Crippen LogP contribution in [0, 0.1) is 5.92 Å². The van der Waals surface area contributed by atoms with Gasteiger partial charge < -0.3 is 15.6 Å². The molecule has 4 rings (SSSR count). The van der Waals surface area contributed by atoms with Gasteiger partial charge in [-0.25, -0.2) is 4.98 Å². The molecule has 1 aliphatic rings. The van der Waals surface area contributed by atoms with Gasteiger partial charge in [0.2, 0.25) is 5.91 Å². The molecular formula is C18H17ClN4O. The lowest BCUT2D eigenvalue weighted by Gasteiger charge is -2.10. The molecule has 6 heteroatoms. The van der Waals surface area contributed by atoms with Crippen molar-refractivity contribution in [2.45, 2.75) is 6.42 Å². The van der Waals surface area contributed by atoms with Crippen molar-refractivity contribution >= 4 is 34.2 Å². The number of aromatic amines is 1. The van der Waals surface area contributed by atoms with Gasteiger partial charge in [0.1, 0.15) is 5.82 Å². The van der Waals surface area contributed by atoms with E-state index in [0.717, 1.165) is 47.6 Å². The third-order valence-electron chi connectivity index (χ3n) is 4.30.